The third kappa shape index (κ3) is 6.27. The highest BCUT2D eigenvalue weighted by Crippen LogP contribution is 2.23. The fourth-order valence-electron chi connectivity index (χ4n) is 2.61. The fraction of sp³-hybridized carbons (Fsp3) is 0.238. The quantitative estimate of drug-likeness (QED) is 0.460. The number of rotatable bonds is 9. The number of nitrogens with zero attached hydrogens (tertiary/aromatic N) is 1. The first kappa shape index (κ1) is 22.3. The molecule has 0 amide bonds. The van der Waals surface area contributed by atoms with E-state index in [1.165, 1.54) is 30.7 Å². The lowest BCUT2D eigenvalue weighted by Gasteiger charge is -2.23. The van der Waals surface area contributed by atoms with Gasteiger partial charge in [0.2, 0.25) is 10.0 Å². The molecule has 0 saturated heterocycles. The van der Waals surface area contributed by atoms with Gasteiger partial charge in [0.25, 0.3) is 0 Å². The molecule has 7 nitrogen and oxygen atoms in total. The van der Waals surface area contributed by atoms with Crippen LogP contribution in [0.5, 0.6) is 0 Å². The zero-order chi connectivity index (χ0) is 21.3. The summed E-state index contributed by atoms with van der Waals surface area (Å²) in [7, 11) is -1.47. The molecule has 0 aliphatic rings. The number of benzene rings is 2. The third-order valence-electron chi connectivity index (χ3n) is 4.13. The molecule has 0 N–H and O–H groups in total. The van der Waals surface area contributed by atoms with Crippen molar-refractivity contribution in [2.75, 3.05) is 20.8 Å². The van der Waals surface area contributed by atoms with Gasteiger partial charge in [-0.3, -0.25) is 4.79 Å². The number of sulfonamides is 1. The summed E-state index contributed by atoms with van der Waals surface area (Å²) >= 11 is 0. The van der Waals surface area contributed by atoms with Gasteiger partial charge in [-0.05, 0) is 23.3 Å². The molecule has 29 heavy (non-hydrogen) atoms. The standard InChI is InChI=1S/C21H23NO6S/c1-27-20(23)13-12-18-10-6-7-11-19(18)29(25,26)22(15-14-21(24)28-2)16-17-8-4-3-5-9-17/h3-13H,14-16H2,1-2H3/b13-12+. The molecular formula is C21H23NO6S. The van der Waals surface area contributed by atoms with E-state index in [-0.39, 0.29) is 24.4 Å². The van der Waals surface area contributed by atoms with E-state index in [0.29, 0.717) is 5.56 Å². The van der Waals surface area contributed by atoms with Crippen molar-refractivity contribution < 1.29 is 27.5 Å². The molecule has 2 aromatic carbocycles. The van der Waals surface area contributed by atoms with Crippen molar-refractivity contribution in [2.24, 2.45) is 0 Å². The second kappa shape index (κ2) is 10.5. The average molecular weight is 417 g/mol. The van der Waals surface area contributed by atoms with E-state index in [2.05, 4.69) is 9.47 Å². The lowest BCUT2D eigenvalue weighted by molar-refractivity contribution is -0.140. The molecule has 154 valence electrons. The highest BCUT2D eigenvalue weighted by Gasteiger charge is 2.27. The second-order valence-corrected chi connectivity index (χ2v) is 7.95. The van der Waals surface area contributed by atoms with Crippen LogP contribution < -0.4 is 0 Å². The van der Waals surface area contributed by atoms with Gasteiger partial charge in [0.15, 0.2) is 0 Å². The topological polar surface area (TPSA) is 90.0 Å². The summed E-state index contributed by atoms with van der Waals surface area (Å²) in [6.45, 7) is 0.0498. The monoisotopic (exact) mass is 417 g/mol. The molecular weight excluding hydrogens is 394 g/mol. The lowest BCUT2D eigenvalue weighted by Crippen LogP contribution is -2.33. The van der Waals surface area contributed by atoms with Crippen LogP contribution in [-0.4, -0.2) is 45.4 Å². The molecule has 8 heteroatoms. The molecule has 0 aromatic heterocycles. The summed E-state index contributed by atoms with van der Waals surface area (Å²) in [5, 5.41) is 0. The van der Waals surface area contributed by atoms with Crippen LogP contribution in [0.25, 0.3) is 6.08 Å². The van der Waals surface area contributed by atoms with Crippen molar-refractivity contribution in [1.82, 2.24) is 4.31 Å². The Bertz CT molecular complexity index is 970. The normalized spacial score (nSPS) is 11.6. The van der Waals surface area contributed by atoms with Crippen molar-refractivity contribution in [1.29, 1.82) is 0 Å². The van der Waals surface area contributed by atoms with Crippen LogP contribution in [0.15, 0.2) is 65.6 Å². The molecule has 0 aliphatic carbocycles. The van der Waals surface area contributed by atoms with E-state index in [1.54, 1.807) is 18.2 Å². The number of hydrogen-bond acceptors (Lipinski definition) is 6. The first-order valence-electron chi connectivity index (χ1n) is 8.84. The molecule has 0 heterocycles. The SMILES string of the molecule is COC(=O)/C=C/c1ccccc1S(=O)(=O)N(CCC(=O)OC)Cc1ccccc1. The molecule has 0 spiro atoms. The number of hydrogen-bond donors (Lipinski definition) is 0. The van der Waals surface area contributed by atoms with E-state index in [4.69, 9.17) is 0 Å². The summed E-state index contributed by atoms with van der Waals surface area (Å²) in [5.74, 6) is -1.10. The molecule has 0 fully saturated rings. The molecule has 2 rings (SSSR count). The molecule has 0 unspecified atom stereocenters. The summed E-state index contributed by atoms with van der Waals surface area (Å²) in [5.41, 5.74) is 1.12. The van der Waals surface area contributed by atoms with Gasteiger partial charge >= 0.3 is 11.9 Å². The highest BCUT2D eigenvalue weighted by atomic mass is 32.2. The van der Waals surface area contributed by atoms with Crippen molar-refractivity contribution >= 4 is 28.0 Å². The highest BCUT2D eigenvalue weighted by molar-refractivity contribution is 7.89. The summed E-state index contributed by atoms with van der Waals surface area (Å²) in [6.07, 6.45) is 2.47. The van der Waals surface area contributed by atoms with Gasteiger partial charge in [0.1, 0.15) is 0 Å². The summed E-state index contributed by atoms with van der Waals surface area (Å²) < 4.78 is 37.2. The third-order valence-corrected chi connectivity index (χ3v) is 6.05. The molecule has 0 radical (unpaired) electrons. The minimum atomic E-state index is -3.97. The Morgan fingerprint density at radius 1 is 0.966 bits per heavy atom. The lowest BCUT2D eigenvalue weighted by atomic mass is 10.2. The van der Waals surface area contributed by atoms with Crippen LogP contribution in [0, 0.1) is 0 Å². The van der Waals surface area contributed by atoms with Gasteiger partial charge < -0.3 is 9.47 Å². The van der Waals surface area contributed by atoms with Crippen LogP contribution in [0.1, 0.15) is 17.5 Å². The van der Waals surface area contributed by atoms with Crippen molar-refractivity contribution in [3.8, 4) is 0 Å². The van der Waals surface area contributed by atoms with Gasteiger partial charge in [-0.25, -0.2) is 13.2 Å². The van der Waals surface area contributed by atoms with E-state index in [1.807, 2.05) is 30.3 Å². The Hall–Kier alpha value is -2.97. The molecule has 0 saturated carbocycles. The minimum absolute atomic E-state index is 0.0287. The van der Waals surface area contributed by atoms with Crippen LogP contribution in [0.2, 0.25) is 0 Å². The second-order valence-electron chi connectivity index (χ2n) is 6.04. The van der Waals surface area contributed by atoms with Crippen LogP contribution in [-0.2, 0) is 35.6 Å². The average Bonchev–Trinajstić information content (AvgIpc) is 2.75. The maximum atomic E-state index is 13.4. The van der Waals surface area contributed by atoms with Gasteiger partial charge in [-0.1, -0.05) is 48.5 Å². The number of methoxy groups -OCH3 is 2. The zero-order valence-corrected chi connectivity index (χ0v) is 17.1. The van der Waals surface area contributed by atoms with E-state index in [9.17, 15) is 18.0 Å². The largest absolute Gasteiger partial charge is 0.469 e. The molecule has 2 aromatic rings. The summed E-state index contributed by atoms with van der Waals surface area (Å²) in [6, 6.07) is 15.4. The Morgan fingerprint density at radius 2 is 1.62 bits per heavy atom. The Kier molecular flexibility index (Phi) is 8.11. The number of esters is 2. The van der Waals surface area contributed by atoms with E-state index < -0.39 is 22.0 Å². The number of carbonyl (C=O) groups is 2. The smallest absolute Gasteiger partial charge is 0.330 e. The van der Waals surface area contributed by atoms with Crippen LogP contribution in [0.3, 0.4) is 0 Å². The van der Waals surface area contributed by atoms with Gasteiger partial charge in [-0.15, -0.1) is 0 Å². The van der Waals surface area contributed by atoms with Crippen molar-refractivity contribution in [3.63, 3.8) is 0 Å². The maximum Gasteiger partial charge on any atom is 0.330 e. The Morgan fingerprint density at radius 3 is 2.28 bits per heavy atom. The molecule has 0 bridgehead atoms. The van der Waals surface area contributed by atoms with Crippen LogP contribution in [0.4, 0.5) is 0 Å². The molecule has 0 atom stereocenters. The number of ether oxygens (including phenoxy) is 2. The first-order chi connectivity index (χ1) is 13.9. The van der Waals surface area contributed by atoms with Crippen molar-refractivity contribution in [2.45, 2.75) is 17.9 Å². The van der Waals surface area contributed by atoms with E-state index in [0.717, 1.165) is 11.6 Å². The molecule has 0 aliphatic heterocycles. The predicted molar refractivity (Wildman–Crippen MR) is 108 cm³/mol. The zero-order valence-electron chi connectivity index (χ0n) is 16.3. The number of carbonyl (C=O) groups excluding carboxylic acids is 2. The predicted octanol–water partition coefficient (Wildman–Crippen LogP) is 2.63. The fourth-order valence-corrected chi connectivity index (χ4v) is 4.22. The van der Waals surface area contributed by atoms with Crippen LogP contribution >= 0.6 is 0 Å². The Labute approximate surface area is 170 Å². The Balaban J connectivity index is 2.41. The summed E-state index contributed by atoms with van der Waals surface area (Å²) in [4.78, 5) is 23.0. The van der Waals surface area contributed by atoms with Gasteiger partial charge in [0.05, 0.1) is 25.5 Å². The maximum absolute atomic E-state index is 13.4. The minimum Gasteiger partial charge on any atom is -0.469 e. The van der Waals surface area contributed by atoms with Gasteiger partial charge in [-0.2, -0.15) is 4.31 Å². The van der Waals surface area contributed by atoms with E-state index >= 15 is 0 Å². The first-order valence-corrected chi connectivity index (χ1v) is 10.3. The van der Waals surface area contributed by atoms with Crippen molar-refractivity contribution in [3.05, 3.63) is 71.8 Å². The van der Waals surface area contributed by atoms with Gasteiger partial charge in [0, 0.05) is 19.2 Å².